The van der Waals surface area contributed by atoms with Gasteiger partial charge in [-0.3, -0.25) is 13.9 Å². The summed E-state index contributed by atoms with van der Waals surface area (Å²) < 4.78 is 85.2. The molecule has 0 radical (unpaired) electrons. The van der Waals surface area contributed by atoms with Crippen molar-refractivity contribution in [1.29, 1.82) is 0 Å². The minimum Gasteiger partial charge on any atom is -0.481 e. The van der Waals surface area contributed by atoms with Gasteiger partial charge in [0.1, 0.15) is 6.54 Å². The lowest BCUT2D eigenvalue weighted by Crippen LogP contribution is -2.52. The molecule has 0 bridgehead atoms. The van der Waals surface area contributed by atoms with Crippen molar-refractivity contribution in [3.8, 4) is 0 Å². The standard InChI is InChI=1S/C24H51NO12S2Si/c1-40(2)23-7-11-25(9-3-5-21-38(28,29)30,10-4-6-22-39(31,32)33)12-14-35-16-18-37-20-19-36-17-15-34-13-8-24(26)27/h40H,3-23H2,1-2H3,(H2-,26,27,28,29,30,31,32,33)/p+1. The molecule has 0 aromatic carbocycles. The van der Waals surface area contributed by atoms with Crippen molar-refractivity contribution in [1.82, 2.24) is 0 Å². The number of carbonyl (C=O) groups is 1. The van der Waals surface area contributed by atoms with Crippen LogP contribution in [0.2, 0.25) is 19.1 Å². The second-order valence-electron chi connectivity index (χ2n) is 10.4. The lowest BCUT2D eigenvalue weighted by atomic mass is 10.2. The summed E-state index contributed by atoms with van der Waals surface area (Å²) in [6.07, 6.45) is 2.87. The molecule has 0 rings (SSSR count). The molecule has 0 saturated heterocycles. The lowest BCUT2D eigenvalue weighted by molar-refractivity contribution is -0.929. The number of ether oxygens (including phenoxy) is 4. The van der Waals surface area contributed by atoms with Gasteiger partial charge in [-0.15, -0.1) is 0 Å². The van der Waals surface area contributed by atoms with E-state index in [4.69, 9.17) is 33.2 Å². The molecule has 0 atom stereocenters. The van der Waals surface area contributed by atoms with E-state index in [1.54, 1.807) is 0 Å². The second kappa shape index (κ2) is 22.8. The maximum absolute atomic E-state index is 11.1. The van der Waals surface area contributed by atoms with Crippen LogP contribution in [0.3, 0.4) is 0 Å². The predicted molar refractivity (Wildman–Crippen MR) is 155 cm³/mol. The van der Waals surface area contributed by atoms with Gasteiger partial charge in [-0.05, 0) is 32.1 Å². The number of rotatable bonds is 29. The van der Waals surface area contributed by atoms with Crippen molar-refractivity contribution >= 4 is 35.0 Å². The molecule has 0 unspecified atom stereocenters. The maximum atomic E-state index is 11.1. The van der Waals surface area contributed by atoms with Crippen molar-refractivity contribution in [2.45, 2.75) is 57.7 Å². The Bertz CT molecular complexity index is 816. The molecule has 13 nitrogen and oxygen atoms in total. The number of carboxylic acids is 1. The molecule has 0 spiro atoms. The fourth-order valence-corrected chi connectivity index (χ4v) is 6.29. The van der Waals surface area contributed by atoms with Gasteiger partial charge in [0.15, 0.2) is 0 Å². The van der Waals surface area contributed by atoms with Crippen LogP contribution in [0, 0.1) is 0 Å². The molecular weight excluding hydrogens is 586 g/mol. The van der Waals surface area contributed by atoms with Gasteiger partial charge in [-0.1, -0.05) is 19.1 Å². The quantitative estimate of drug-likeness (QED) is 0.0466. The van der Waals surface area contributed by atoms with Crippen molar-refractivity contribution < 1.29 is 59.3 Å². The average Bonchev–Trinajstić information content (AvgIpc) is 2.83. The molecule has 40 heavy (non-hydrogen) atoms. The van der Waals surface area contributed by atoms with E-state index in [2.05, 4.69) is 13.1 Å². The predicted octanol–water partition coefficient (Wildman–Crippen LogP) is 1.56. The Kier molecular flexibility index (Phi) is 22.5. The summed E-state index contributed by atoms with van der Waals surface area (Å²) in [5.74, 6) is -1.48. The van der Waals surface area contributed by atoms with E-state index in [-0.39, 0.29) is 24.5 Å². The Balaban J connectivity index is 4.59. The van der Waals surface area contributed by atoms with Gasteiger partial charge >= 0.3 is 5.97 Å². The van der Waals surface area contributed by atoms with Crippen LogP contribution in [0.15, 0.2) is 0 Å². The smallest absolute Gasteiger partial charge is 0.305 e. The molecule has 0 saturated carbocycles. The molecule has 0 amide bonds. The van der Waals surface area contributed by atoms with Crippen LogP contribution in [0.4, 0.5) is 0 Å². The second-order valence-corrected chi connectivity index (χ2v) is 16.9. The lowest BCUT2D eigenvalue weighted by Gasteiger charge is -2.39. The molecule has 0 aromatic rings. The molecule has 3 N–H and O–H groups in total. The number of hydrogen-bond donors (Lipinski definition) is 3. The number of unbranched alkanes of at least 4 members (excludes halogenated alkanes) is 2. The highest BCUT2D eigenvalue weighted by Gasteiger charge is 2.27. The highest BCUT2D eigenvalue weighted by Crippen LogP contribution is 2.16. The minimum atomic E-state index is -4.02. The van der Waals surface area contributed by atoms with Gasteiger partial charge in [-0.2, -0.15) is 16.8 Å². The Hall–Kier alpha value is -0.693. The first-order chi connectivity index (χ1) is 18.7. The Labute approximate surface area is 242 Å². The van der Waals surface area contributed by atoms with Crippen LogP contribution in [-0.2, 0) is 44.0 Å². The van der Waals surface area contributed by atoms with Crippen LogP contribution in [-0.4, -0.2) is 141 Å². The van der Waals surface area contributed by atoms with Crippen LogP contribution in [0.1, 0.15) is 38.5 Å². The van der Waals surface area contributed by atoms with E-state index < -0.39 is 35.0 Å². The third-order valence-electron chi connectivity index (χ3n) is 6.27. The summed E-state index contributed by atoms with van der Waals surface area (Å²) in [6, 6.07) is 1.17. The fraction of sp³-hybridized carbons (Fsp3) is 0.958. The molecule has 16 heteroatoms. The third kappa shape index (κ3) is 27.5. The number of nitrogens with zero attached hydrogens (tertiary/aromatic N) is 1. The third-order valence-corrected chi connectivity index (χ3v) is 9.44. The van der Waals surface area contributed by atoms with Crippen molar-refractivity contribution in [2.75, 3.05) is 90.5 Å². The van der Waals surface area contributed by atoms with Crippen LogP contribution in [0.5, 0.6) is 0 Å². The molecular formula is C24H52NO12S2Si+. The molecule has 0 aliphatic rings. The SMILES string of the molecule is C[SiH](C)CCC[N+](CCCCS(=O)(=O)O)(CCCCS(=O)(=O)O)CCOCCOCCOCCOCCC(=O)O. The van der Waals surface area contributed by atoms with Crippen LogP contribution in [0.25, 0.3) is 0 Å². The fourth-order valence-electron chi connectivity index (χ4n) is 4.15. The van der Waals surface area contributed by atoms with Crippen LogP contribution < -0.4 is 0 Å². The van der Waals surface area contributed by atoms with Gasteiger partial charge < -0.3 is 28.5 Å². The van der Waals surface area contributed by atoms with E-state index in [0.29, 0.717) is 96.0 Å². The van der Waals surface area contributed by atoms with Gasteiger partial charge in [0.25, 0.3) is 20.2 Å². The minimum absolute atomic E-state index is 0.0370. The first-order valence-electron chi connectivity index (χ1n) is 14.0. The van der Waals surface area contributed by atoms with E-state index in [1.165, 1.54) is 6.04 Å². The average molecular weight is 639 g/mol. The van der Waals surface area contributed by atoms with E-state index in [1.807, 2.05) is 0 Å². The van der Waals surface area contributed by atoms with Crippen molar-refractivity contribution in [2.24, 2.45) is 0 Å². The zero-order chi connectivity index (χ0) is 30.3. The summed E-state index contributed by atoms with van der Waals surface area (Å²) in [5, 5.41) is 8.53. The zero-order valence-corrected chi connectivity index (χ0v) is 27.0. The highest BCUT2D eigenvalue weighted by atomic mass is 32.2. The van der Waals surface area contributed by atoms with Gasteiger partial charge in [0, 0.05) is 8.80 Å². The Morgan fingerprint density at radius 1 is 0.625 bits per heavy atom. The summed E-state index contributed by atoms with van der Waals surface area (Å²) in [6.45, 7) is 10.4. The van der Waals surface area contributed by atoms with Crippen molar-refractivity contribution in [3.05, 3.63) is 0 Å². The summed E-state index contributed by atoms with van der Waals surface area (Å²) in [7, 11) is -8.80. The summed E-state index contributed by atoms with van der Waals surface area (Å²) in [4.78, 5) is 10.4. The van der Waals surface area contributed by atoms with E-state index >= 15 is 0 Å². The largest absolute Gasteiger partial charge is 0.481 e. The zero-order valence-electron chi connectivity index (χ0n) is 24.2. The van der Waals surface area contributed by atoms with E-state index in [9.17, 15) is 21.6 Å². The summed E-state index contributed by atoms with van der Waals surface area (Å²) in [5.41, 5.74) is 0. The van der Waals surface area contributed by atoms with Crippen molar-refractivity contribution in [3.63, 3.8) is 0 Å². The highest BCUT2D eigenvalue weighted by molar-refractivity contribution is 7.86. The van der Waals surface area contributed by atoms with Gasteiger partial charge in [0.2, 0.25) is 0 Å². The topological polar surface area (TPSA) is 183 Å². The molecule has 240 valence electrons. The first kappa shape index (κ1) is 39.3. The summed E-state index contributed by atoms with van der Waals surface area (Å²) >= 11 is 0. The molecule has 0 heterocycles. The Morgan fingerprint density at radius 3 is 1.43 bits per heavy atom. The molecule has 0 aliphatic heterocycles. The molecule has 0 aromatic heterocycles. The molecule has 0 fully saturated rings. The number of aliphatic carboxylic acids is 1. The normalized spacial score (nSPS) is 12.8. The first-order valence-corrected chi connectivity index (χ1v) is 20.4. The number of quaternary nitrogens is 1. The van der Waals surface area contributed by atoms with Gasteiger partial charge in [-0.25, -0.2) is 0 Å². The number of carboxylic acid groups (broad SMARTS) is 1. The number of hydrogen-bond acceptors (Lipinski definition) is 9. The van der Waals surface area contributed by atoms with Crippen LogP contribution >= 0.6 is 0 Å². The molecule has 0 aliphatic carbocycles. The Morgan fingerprint density at radius 2 is 1.02 bits per heavy atom. The van der Waals surface area contributed by atoms with E-state index in [0.717, 1.165) is 13.0 Å². The van der Waals surface area contributed by atoms with Gasteiger partial charge in [0.05, 0.1) is 90.4 Å². The monoisotopic (exact) mass is 638 g/mol. The maximum Gasteiger partial charge on any atom is 0.305 e.